The van der Waals surface area contributed by atoms with Crippen molar-refractivity contribution in [2.24, 2.45) is 11.8 Å². The Balaban J connectivity index is 1.17. The average Bonchev–Trinajstić information content (AvgIpc) is 3.39. The second-order valence-corrected chi connectivity index (χ2v) is 12.2. The number of amides is 2. The van der Waals surface area contributed by atoms with Crippen LogP contribution in [0.4, 0.5) is 0 Å². The van der Waals surface area contributed by atoms with E-state index in [0.29, 0.717) is 54.7 Å². The lowest BCUT2D eigenvalue weighted by Crippen LogP contribution is -2.32. The van der Waals surface area contributed by atoms with Crippen molar-refractivity contribution in [3.05, 3.63) is 83.0 Å². The van der Waals surface area contributed by atoms with Gasteiger partial charge in [0.05, 0.1) is 41.6 Å². The van der Waals surface area contributed by atoms with Crippen LogP contribution < -0.4 is 0 Å². The zero-order valence-corrected chi connectivity index (χ0v) is 25.5. The highest BCUT2D eigenvalue weighted by Crippen LogP contribution is 2.40. The number of aromatic amines is 2. The smallest absolute Gasteiger partial charge is 0.227 e. The first-order valence-electron chi connectivity index (χ1n) is 15.7. The van der Waals surface area contributed by atoms with Crippen molar-refractivity contribution in [3.63, 3.8) is 0 Å². The number of H-pyrrole nitrogens is 2. The molecule has 2 atom stereocenters. The number of ketones is 1. The first kappa shape index (κ1) is 29.5. The molecule has 6 rings (SSSR count). The van der Waals surface area contributed by atoms with Crippen molar-refractivity contribution in [1.29, 1.82) is 0 Å². The second-order valence-electron chi connectivity index (χ2n) is 12.2. The molecule has 1 fully saturated rings. The third-order valence-electron chi connectivity index (χ3n) is 8.77. The molecular weight excluding hydrogens is 552 g/mol. The van der Waals surface area contributed by atoms with Crippen LogP contribution in [-0.4, -0.2) is 60.9 Å². The van der Waals surface area contributed by atoms with Gasteiger partial charge in [-0.3, -0.25) is 14.4 Å². The van der Waals surface area contributed by atoms with E-state index < -0.39 is 0 Å². The van der Waals surface area contributed by atoms with E-state index in [0.717, 1.165) is 72.2 Å². The third-order valence-corrected chi connectivity index (χ3v) is 8.77. The predicted octanol–water partition coefficient (Wildman–Crippen LogP) is 6.08. The Kier molecular flexibility index (Phi) is 8.72. The Morgan fingerprint density at radius 2 is 1.61 bits per heavy atom. The SMILES string of the molecule is CCCN(C=O)Cc1nc2ccc(C(=O)c3ccc4nc(CN(CCC5CC5C)C(=O)CC5=CCCC=C5)[nH]c4c3)cc2[nH]1. The maximum Gasteiger partial charge on any atom is 0.227 e. The van der Waals surface area contributed by atoms with Crippen LogP contribution in [0.2, 0.25) is 0 Å². The van der Waals surface area contributed by atoms with Crippen LogP contribution in [0.25, 0.3) is 22.1 Å². The van der Waals surface area contributed by atoms with Crippen molar-refractivity contribution in [2.75, 3.05) is 13.1 Å². The normalized spacial score (nSPS) is 17.5. The Morgan fingerprint density at radius 3 is 2.18 bits per heavy atom. The monoisotopic (exact) mass is 592 g/mol. The summed E-state index contributed by atoms with van der Waals surface area (Å²) in [7, 11) is 0. The number of aromatic nitrogens is 4. The summed E-state index contributed by atoms with van der Waals surface area (Å²) >= 11 is 0. The standard InChI is InChI=1S/C35H40N6O3/c1-3-14-40(22-42)20-32-36-28-11-9-26(18-30(28)38-32)35(44)27-10-12-29-31(19-27)39-33(37-29)21-41(15-13-25-16-23(25)2)34(43)17-24-7-5-4-6-8-24/h5,7-12,18-19,22-23,25H,3-4,6,13-17,20-21H2,1-2H3,(H,36,38)(H,37,39). The molecule has 0 bridgehead atoms. The lowest BCUT2D eigenvalue weighted by atomic mass is 10.0. The number of allylic oxidation sites excluding steroid dienone is 3. The summed E-state index contributed by atoms with van der Waals surface area (Å²) in [5, 5.41) is 0. The van der Waals surface area contributed by atoms with Gasteiger partial charge in [0.1, 0.15) is 11.6 Å². The summed E-state index contributed by atoms with van der Waals surface area (Å²) in [6, 6.07) is 10.9. The van der Waals surface area contributed by atoms with Crippen molar-refractivity contribution >= 4 is 40.2 Å². The largest absolute Gasteiger partial charge is 0.340 e. The first-order chi connectivity index (χ1) is 21.4. The molecule has 2 unspecified atom stereocenters. The fourth-order valence-electron chi connectivity index (χ4n) is 6.05. The zero-order chi connectivity index (χ0) is 30.6. The summed E-state index contributed by atoms with van der Waals surface area (Å²) in [5.74, 6) is 2.85. The highest BCUT2D eigenvalue weighted by atomic mass is 16.2. The Hall–Kier alpha value is -4.53. The molecule has 4 aromatic rings. The summed E-state index contributed by atoms with van der Waals surface area (Å²) in [5.41, 5.74) is 5.21. The maximum atomic E-state index is 13.5. The lowest BCUT2D eigenvalue weighted by molar-refractivity contribution is -0.131. The quantitative estimate of drug-likeness (QED) is 0.136. The number of carbonyl (C=O) groups is 3. The molecule has 0 radical (unpaired) electrons. The van der Waals surface area contributed by atoms with E-state index in [1.807, 2.05) is 36.1 Å². The fraction of sp³-hybridized carbons (Fsp3) is 0.400. The number of rotatable bonds is 14. The Bertz CT molecular complexity index is 1750. The van der Waals surface area contributed by atoms with Crippen LogP contribution in [0.3, 0.4) is 0 Å². The lowest BCUT2D eigenvalue weighted by Gasteiger charge is -2.22. The minimum Gasteiger partial charge on any atom is -0.340 e. The Morgan fingerprint density at radius 1 is 0.955 bits per heavy atom. The molecule has 2 aliphatic rings. The molecule has 1 saturated carbocycles. The number of nitrogens with zero attached hydrogens (tertiary/aromatic N) is 4. The van der Waals surface area contributed by atoms with Crippen LogP contribution in [-0.2, 0) is 22.7 Å². The second kappa shape index (κ2) is 13.0. The van der Waals surface area contributed by atoms with Crippen LogP contribution in [0.15, 0.2) is 60.2 Å². The van der Waals surface area contributed by atoms with E-state index in [2.05, 4.69) is 40.1 Å². The molecule has 2 aromatic carbocycles. The van der Waals surface area contributed by atoms with E-state index >= 15 is 0 Å². The van der Waals surface area contributed by atoms with Gasteiger partial charge in [0.15, 0.2) is 5.78 Å². The summed E-state index contributed by atoms with van der Waals surface area (Å²) in [6.45, 7) is 6.48. The van der Waals surface area contributed by atoms with E-state index in [9.17, 15) is 14.4 Å². The van der Waals surface area contributed by atoms with Gasteiger partial charge >= 0.3 is 0 Å². The molecular formula is C35H40N6O3. The van der Waals surface area contributed by atoms with Gasteiger partial charge in [-0.1, -0.05) is 32.1 Å². The molecule has 9 heteroatoms. The summed E-state index contributed by atoms with van der Waals surface area (Å²) in [4.78, 5) is 57.8. The molecule has 2 amide bonds. The number of fused-ring (bicyclic) bond motifs is 2. The molecule has 0 aliphatic heterocycles. The number of imidazole rings is 2. The van der Waals surface area contributed by atoms with Gasteiger partial charge in [-0.05, 0) is 85.9 Å². The molecule has 0 spiro atoms. The molecule has 2 N–H and O–H groups in total. The van der Waals surface area contributed by atoms with Crippen LogP contribution in [0.1, 0.15) is 79.9 Å². The van der Waals surface area contributed by atoms with Gasteiger partial charge in [0, 0.05) is 24.2 Å². The molecule has 9 nitrogen and oxygen atoms in total. The highest BCUT2D eigenvalue weighted by Gasteiger charge is 2.33. The third kappa shape index (κ3) is 6.82. The van der Waals surface area contributed by atoms with Gasteiger partial charge < -0.3 is 19.8 Å². The maximum absolute atomic E-state index is 13.5. The number of benzene rings is 2. The van der Waals surface area contributed by atoms with Crippen molar-refractivity contribution in [2.45, 2.75) is 65.5 Å². The van der Waals surface area contributed by atoms with Crippen molar-refractivity contribution in [3.8, 4) is 0 Å². The van der Waals surface area contributed by atoms with E-state index in [1.54, 1.807) is 17.0 Å². The van der Waals surface area contributed by atoms with Crippen LogP contribution in [0.5, 0.6) is 0 Å². The minimum absolute atomic E-state index is 0.106. The van der Waals surface area contributed by atoms with E-state index in [1.165, 1.54) is 6.42 Å². The average molecular weight is 593 g/mol. The molecule has 228 valence electrons. The Labute approximate surface area is 257 Å². The van der Waals surface area contributed by atoms with Gasteiger partial charge in [-0.25, -0.2) is 9.97 Å². The molecule has 2 aliphatic carbocycles. The number of nitrogens with one attached hydrogen (secondary N) is 2. The first-order valence-corrected chi connectivity index (χ1v) is 15.7. The summed E-state index contributed by atoms with van der Waals surface area (Å²) in [6.07, 6.45) is 12.7. The topological polar surface area (TPSA) is 115 Å². The number of hydrogen-bond donors (Lipinski definition) is 2. The van der Waals surface area contributed by atoms with Crippen molar-refractivity contribution in [1.82, 2.24) is 29.7 Å². The highest BCUT2D eigenvalue weighted by molar-refractivity contribution is 6.11. The van der Waals surface area contributed by atoms with E-state index in [4.69, 9.17) is 4.98 Å². The van der Waals surface area contributed by atoms with Crippen molar-refractivity contribution < 1.29 is 14.4 Å². The zero-order valence-electron chi connectivity index (χ0n) is 25.5. The molecule has 2 heterocycles. The van der Waals surface area contributed by atoms with Gasteiger partial charge in [0.2, 0.25) is 12.3 Å². The molecule has 0 saturated heterocycles. The van der Waals surface area contributed by atoms with Gasteiger partial charge in [0.25, 0.3) is 0 Å². The predicted molar refractivity (Wildman–Crippen MR) is 171 cm³/mol. The summed E-state index contributed by atoms with van der Waals surface area (Å²) < 4.78 is 0. The van der Waals surface area contributed by atoms with Crippen LogP contribution >= 0.6 is 0 Å². The number of carbonyl (C=O) groups excluding carboxylic acids is 3. The molecule has 2 aromatic heterocycles. The van der Waals surface area contributed by atoms with Gasteiger partial charge in [-0.15, -0.1) is 0 Å². The van der Waals surface area contributed by atoms with Gasteiger partial charge in [-0.2, -0.15) is 0 Å². The minimum atomic E-state index is -0.106. The van der Waals surface area contributed by atoms with E-state index in [-0.39, 0.29) is 11.7 Å². The fourth-order valence-corrected chi connectivity index (χ4v) is 6.05. The van der Waals surface area contributed by atoms with Crippen LogP contribution in [0, 0.1) is 11.8 Å². The number of hydrogen-bond acceptors (Lipinski definition) is 5. The molecule has 44 heavy (non-hydrogen) atoms.